The van der Waals surface area contributed by atoms with Gasteiger partial charge in [-0.05, 0) is 24.1 Å². The number of thiazole rings is 1. The molecule has 102 valence electrons. The summed E-state index contributed by atoms with van der Waals surface area (Å²) in [6.07, 6.45) is 2.39. The van der Waals surface area contributed by atoms with E-state index in [2.05, 4.69) is 9.97 Å². The SMILES string of the molecule is CCc1ccc(=O)[nH]c1-c1sc(N)nc1-c1ccco1. The zero-order valence-electron chi connectivity index (χ0n) is 10.8. The maximum atomic E-state index is 11.6. The van der Waals surface area contributed by atoms with Crippen molar-refractivity contribution in [2.75, 3.05) is 5.73 Å². The lowest BCUT2D eigenvalue weighted by Crippen LogP contribution is -2.06. The number of hydrogen-bond acceptors (Lipinski definition) is 5. The number of furan rings is 1. The topological polar surface area (TPSA) is 84.9 Å². The second-order valence-electron chi connectivity index (χ2n) is 4.28. The van der Waals surface area contributed by atoms with Crippen molar-refractivity contribution < 1.29 is 4.42 Å². The first-order valence-corrected chi connectivity index (χ1v) is 7.03. The van der Waals surface area contributed by atoms with Gasteiger partial charge in [0.15, 0.2) is 10.9 Å². The van der Waals surface area contributed by atoms with Crippen LogP contribution in [-0.4, -0.2) is 9.97 Å². The molecule has 3 N–H and O–H groups in total. The van der Waals surface area contributed by atoms with Gasteiger partial charge in [0, 0.05) is 6.07 Å². The fourth-order valence-corrected chi connectivity index (χ4v) is 2.96. The molecule has 0 spiro atoms. The number of nitrogens with two attached hydrogens (primary N) is 1. The number of aromatic nitrogens is 2. The number of aromatic amines is 1. The number of aryl methyl sites for hydroxylation is 1. The van der Waals surface area contributed by atoms with E-state index in [-0.39, 0.29) is 5.56 Å². The van der Waals surface area contributed by atoms with Crippen LogP contribution in [0.3, 0.4) is 0 Å². The number of H-pyrrole nitrogens is 1. The molecule has 0 aliphatic heterocycles. The summed E-state index contributed by atoms with van der Waals surface area (Å²) in [5.41, 5.74) is 8.15. The van der Waals surface area contributed by atoms with Crippen LogP contribution in [0.4, 0.5) is 5.13 Å². The van der Waals surface area contributed by atoms with Crippen LogP contribution in [0.1, 0.15) is 12.5 Å². The summed E-state index contributed by atoms with van der Waals surface area (Å²) < 4.78 is 5.40. The number of nitrogen functional groups attached to an aromatic ring is 1. The zero-order valence-corrected chi connectivity index (χ0v) is 11.7. The highest BCUT2D eigenvalue weighted by molar-refractivity contribution is 7.19. The van der Waals surface area contributed by atoms with Gasteiger partial charge in [-0.15, -0.1) is 0 Å². The van der Waals surface area contributed by atoms with Crippen LogP contribution in [0.25, 0.3) is 22.0 Å². The number of nitrogens with one attached hydrogen (secondary N) is 1. The molecular formula is C14H13N3O2S. The summed E-state index contributed by atoms with van der Waals surface area (Å²) in [6.45, 7) is 2.04. The molecule has 3 aromatic heterocycles. The molecule has 0 fully saturated rings. The summed E-state index contributed by atoms with van der Waals surface area (Å²) in [5, 5.41) is 0.443. The van der Waals surface area contributed by atoms with E-state index >= 15 is 0 Å². The molecule has 0 saturated carbocycles. The number of anilines is 1. The summed E-state index contributed by atoms with van der Waals surface area (Å²) >= 11 is 1.34. The van der Waals surface area contributed by atoms with Crippen LogP contribution >= 0.6 is 11.3 Å². The Morgan fingerprint density at radius 1 is 1.40 bits per heavy atom. The lowest BCUT2D eigenvalue weighted by atomic mass is 10.1. The molecule has 0 saturated heterocycles. The molecule has 0 radical (unpaired) electrons. The molecule has 3 aromatic rings. The Morgan fingerprint density at radius 3 is 2.95 bits per heavy atom. The van der Waals surface area contributed by atoms with Gasteiger partial charge in [-0.2, -0.15) is 0 Å². The maximum Gasteiger partial charge on any atom is 0.248 e. The summed E-state index contributed by atoms with van der Waals surface area (Å²) in [7, 11) is 0. The Kier molecular flexibility index (Phi) is 3.15. The van der Waals surface area contributed by atoms with Gasteiger partial charge in [0.1, 0.15) is 5.69 Å². The van der Waals surface area contributed by atoms with Gasteiger partial charge in [0.2, 0.25) is 5.56 Å². The molecule has 0 aliphatic carbocycles. The van der Waals surface area contributed by atoms with Crippen LogP contribution in [-0.2, 0) is 6.42 Å². The van der Waals surface area contributed by atoms with E-state index in [1.807, 2.05) is 19.1 Å². The summed E-state index contributed by atoms with van der Waals surface area (Å²) in [6, 6.07) is 6.98. The predicted molar refractivity (Wildman–Crippen MR) is 79.7 cm³/mol. The molecule has 6 heteroatoms. The second-order valence-corrected chi connectivity index (χ2v) is 5.31. The molecule has 0 atom stereocenters. The summed E-state index contributed by atoms with van der Waals surface area (Å²) in [5.74, 6) is 0.639. The van der Waals surface area contributed by atoms with Crippen LogP contribution in [0.2, 0.25) is 0 Å². The number of hydrogen-bond donors (Lipinski definition) is 2. The van der Waals surface area contributed by atoms with Gasteiger partial charge in [-0.3, -0.25) is 4.79 Å². The van der Waals surface area contributed by atoms with E-state index in [4.69, 9.17) is 10.2 Å². The van der Waals surface area contributed by atoms with Gasteiger partial charge in [-0.25, -0.2) is 4.98 Å². The third-order valence-electron chi connectivity index (χ3n) is 3.01. The molecule has 0 amide bonds. The maximum absolute atomic E-state index is 11.6. The first kappa shape index (κ1) is 12.7. The highest BCUT2D eigenvalue weighted by Gasteiger charge is 2.18. The molecule has 0 aromatic carbocycles. The van der Waals surface area contributed by atoms with E-state index in [1.54, 1.807) is 12.3 Å². The Labute approximate surface area is 119 Å². The lowest BCUT2D eigenvalue weighted by Gasteiger charge is -2.06. The van der Waals surface area contributed by atoms with Gasteiger partial charge in [-0.1, -0.05) is 24.3 Å². The lowest BCUT2D eigenvalue weighted by molar-refractivity contribution is 0.580. The highest BCUT2D eigenvalue weighted by atomic mass is 32.1. The Balaban J connectivity index is 2.25. The average molecular weight is 287 g/mol. The van der Waals surface area contributed by atoms with Crippen LogP contribution in [0.15, 0.2) is 39.7 Å². The Hall–Kier alpha value is -2.34. The third kappa shape index (κ3) is 2.14. The van der Waals surface area contributed by atoms with E-state index in [0.29, 0.717) is 16.6 Å². The third-order valence-corrected chi connectivity index (χ3v) is 3.91. The monoisotopic (exact) mass is 287 g/mol. The fraction of sp³-hybridized carbons (Fsp3) is 0.143. The molecule has 0 aliphatic rings. The van der Waals surface area contributed by atoms with Crippen molar-refractivity contribution in [2.24, 2.45) is 0 Å². The quantitative estimate of drug-likeness (QED) is 0.775. The number of rotatable bonds is 3. The number of nitrogens with zero attached hydrogens (tertiary/aromatic N) is 1. The molecule has 3 rings (SSSR count). The van der Waals surface area contributed by atoms with Crippen molar-refractivity contribution in [3.8, 4) is 22.0 Å². The summed E-state index contributed by atoms with van der Waals surface area (Å²) in [4.78, 5) is 19.6. The van der Waals surface area contributed by atoms with Crippen molar-refractivity contribution in [3.63, 3.8) is 0 Å². The van der Waals surface area contributed by atoms with E-state index in [0.717, 1.165) is 22.6 Å². The van der Waals surface area contributed by atoms with Crippen LogP contribution in [0.5, 0.6) is 0 Å². The largest absolute Gasteiger partial charge is 0.463 e. The van der Waals surface area contributed by atoms with Gasteiger partial charge >= 0.3 is 0 Å². The van der Waals surface area contributed by atoms with Crippen molar-refractivity contribution >= 4 is 16.5 Å². The van der Waals surface area contributed by atoms with E-state index in [1.165, 1.54) is 17.4 Å². The smallest absolute Gasteiger partial charge is 0.248 e. The van der Waals surface area contributed by atoms with Gasteiger partial charge < -0.3 is 15.1 Å². The van der Waals surface area contributed by atoms with E-state index < -0.39 is 0 Å². The zero-order chi connectivity index (χ0) is 14.1. The van der Waals surface area contributed by atoms with Crippen LogP contribution < -0.4 is 11.3 Å². The Morgan fingerprint density at radius 2 is 2.25 bits per heavy atom. The minimum absolute atomic E-state index is 0.144. The first-order valence-electron chi connectivity index (χ1n) is 6.21. The standard InChI is InChI=1S/C14H13N3O2S/c1-2-8-5-6-10(18)16-11(8)13-12(17-14(15)20-13)9-4-3-7-19-9/h3-7H,2H2,1H3,(H2,15,17)(H,16,18). The minimum Gasteiger partial charge on any atom is -0.463 e. The molecule has 5 nitrogen and oxygen atoms in total. The van der Waals surface area contributed by atoms with Crippen LogP contribution in [0, 0.1) is 0 Å². The van der Waals surface area contributed by atoms with Gasteiger partial charge in [0.25, 0.3) is 0 Å². The van der Waals surface area contributed by atoms with Crippen molar-refractivity contribution in [3.05, 3.63) is 46.4 Å². The second kappa shape index (κ2) is 4.97. The average Bonchev–Trinajstić information content (AvgIpc) is 3.07. The Bertz CT molecular complexity index is 787. The minimum atomic E-state index is -0.144. The number of pyridine rings is 1. The van der Waals surface area contributed by atoms with E-state index in [9.17, 15) is 4.79 Å². The van der Waals surface area contributed by atoms with Gasteiger partial charge in [0.05, 0.1) is 16.8 Å². The molecule has 20 heavy (non-hydrogen) atoms. The first-order chi connectivity index (χ1) is 9.69. The fourth-order valence-electron chi connectivity index (χ4n) is 2.09. The molecule has 3 heterocycles. The predicted octanol–water partition coefficient (Wildman–Crippen LogP) is 2.90. The van der Waals surface area contributed by atoms with Crippen molar-refractivity contribution in [2.45, 2.75) is 13.3 Å². The highest BCUT2D eigenvalue weighted by Crippen LogP contribution is 2.38. The van der Waals surface area contributed by atoms with Crippen molar-refractivity contribution in [1.82, 2.24) is 9.97 Å². The molecular weight excluding hydrogens is 274 g/mol. The normalized spacial score (nSPS) is 10.8. The van der Waals surface area contributed by atoms with Crippen molar-refractivity contribution in [1.29, 1.82) is 0 Å². The molecule has 0 unspecified atom stereocenters. The molecule has 0 bridgehead atoms.